The van der Waals surface area contributed by atoms with Gasteiger partial charge in [0.05, 0.1) is 12.2 Å². The van der Waals surface area contributed by atoms with Crippen molar-refractivity contribution in [2.75, 3.05) is 10.6 Å². The first-order valence-corrected chi connectivity index (χ1v) is 13.1. The molecule has 6 nitrogen and oxygen atoms in total. The SMILES string of the molecule is CCC(C)Oc1ccc(C(=O)Nc2cccc3c(NC(=O)c4ccc(OC(C)CC)cc4)cccc23)cc1. The van der Waals surface area contributed by atoms with E-state index < -0.39 is 0 Å². The van der Waals surface area contributed by atoms with Crippen molar-refractivity contribution in [3.8, 4) is 11.5 Å². The predicted octanol–water partition coefficient (Wildman–Crippen LogP) is 7.70. The number of hydrogen-bond donors (Lipinski definition) is 2. The van der Waals surface area contributed by atoms with Crippen molar-refractivity contribution in [3.05, 3.63) is 96.1 Å². The Morgan fingerprint density at radius 2 is 0.974 bits per heavy atom. The molecule has 2 unspecified atom stereocenters. The molecule has 38 heavy (non-hydrogen) atoms. The zero-order valence-corrected chi connectivity index (χ0v) is 22.3. The summed E-state index contributed by atoms with van der Waals surface area (Å²) in [6, 6.07) is 25.5. The topological polar surface area (TPSA) is 76.7 Å². The second-order valence-corrected chi connectivity index (χ2v) is 9.34. The number of ether oxygens (including phenoxy) is 2. The summed E-state index contributed by atoms with van der Waals surface area (Å²) in [7, 11) is 0. The summed E-state index contributed by atoms with van der Waals surface area (Å²) in [6.07, 6.45) is 2.04. The van der Waals surface area contributed by atoms with Gasteiger partial charge in [-0.3, -0.25) is 9.59 Å². The van der Waals surface area contributed by atoms with Gasteiger partial charge in [-0.05, 0) is 87.4 Å². The largest absolute Gasteiger partial charge is 0.491 e. The highest BCUT2D eigenvalue weighted by molar-refractivity contribution is 6.14. The summed E-state index contributed by atoms with van der Waals surface area (Å²) >= 11 is 0. The van der Waals surface area contributed by atoms with Crippen LogP contribution in [0, 0.1) is 0 Å². The predicted molar refractivity (Wildman–Crippen MR) is 154 cm³/mol. The molecule has 0 aliphatic rings. The summed E-state index contributed by atoms with van der Waals surface area (Å²) in [6.45, 7) is 8.15. The van der Waals surface area contributed by atoms with E-state index in [1.165, 1.54) is 0 Å². The molecule has 0 heterocycles. The van der Waals surface area contributed by atoms with Crippen LogP contribution in [0.1, 0.15) is 61.3 Å². The molecule has 0 aromatic heterocycles. The van der Waals surface area contributed by atoms with E-state index >= 15 is 0 Å². The first-order valence-electron chi connectivity index (χ1n) is 13.1. The summed E-state index contributed by atoms with van der Waals surface area (Å²) < 4.78 is 11.6. The fourth-order valence-corrected chi connectivity index (χ4v) is 3.92. The van der Waals surface area contributed by atoms with Crippen LogP contribution in [-0.2, 0) is 0 Å². The molecule has 2 amide bonds. The van der Waals surface area contributed by atoms with Crippen molar-refractivity contribution < 1.29 is 19.1 Å². The number of anilines is 2. The van der Waals surface area contributed by atoms with Crippen LogP contribution in [0.2, 0.25) is 0 Å². The van der Waals surface area contributed by atoms with Gasteiger partial charge < -0.3 is 20.1 Å². The molecule has 0 aliphatic heterocycles. The molecule has 4 aromatic rings. The molecule has 2 atom stereocenters. The Kier molecular flexibility index (Phi) is 8.64. The number of hydrogen-bond acceptors (Lipinski definition) is 4. The highest BCUT2D eigenvalue weighted by atomic mass is 16.5. The van der Waals surface area contributed by atoms with E-state index in [9.17, 15) is 9.59 Å². The summed E-state index contributed by atoms with van der Waals surface area (Å²) in [5, 5.41) is 7.66. The number of carbonyl (C=O) groups excluding carboxylic acids is 2. The number of benzene rings is 4. The number of nitrogens with one attached hydrogen (secondary N) is 2. The van der Waals surface area contributed by atoms with Gasteiger partial charge in [0.2, 0.25) is 0 Å². The van der Waals surface area contributed by atoms with E-state index in [2.05, 4.69) is 24.5 Å². The molecule has 0 saturated heterocycles. The molecule has 0 aliphatic carbocycles. The van der Waals surface area contributed by atoms with E-state index in [0.717, 1.165) is 35.1 Å². The van der Waals surface area contributed by atoms with Crippen molar-refractivity contribution in [2.45, 2.75) is 52.7 Å². The minimum atomic E-state index is -0.221. The number of carbonyl (C=O) groups is 2. The zero-order chi connectivity index (χ0) is 27.1. The monoisotopic (exact) mass is 510 g/mol. The lowest BCUT2D eigenvalue weighted by Crippen LogP contribution is -2.14. The van der Waals surface area contributed by atoms with Crippen molar-refractivity contribution in [3.63, 3.8) is 0 Å². The minimum absolute atomic E-state index is 0.114. The number of fused-ring (bicyclic) bond motifs is 1. The van der Waals surface area contributed by atoms with Crippen molar-refractivity contribution >= 4 is 34.0 Å². The summed E-state index contributed by atoms with van der Waals surface area (Å²) in [4.78, 5) is 26.0. The molecule has 0 radical (unpaired) electrons. The van der Waals surface area contributed by atoms with Crippen molar-refractivity contribution in [2.24, 2.45) is 0 Å². The third-order valence-electron chi connectivity index (χ3n) is 6.48. The third kappa shape index (κ3) is 6.51. The number of rotatable bonds is 10. The van der Waals surface area contributed by atoms with Crippen LogP contribution < -0.4 is 20.1 Å². The van der Waals surface area contributed by atoms with Gasteiger partial charge in [0.25, 0.3) is 11.8 Å². The average molecular weight is 511 g/mol. The Morgan fingerprint density at radius 3 is 1.32 bits per heavy atom. The van der Waals surface area contributed by atoms with Crippen LogP contribution in [0.5, 0.6) is 11.5 Å². The van der Waals surface area contributed by atoms with Crippen LogP contribution in [0.15, 0.2) is 84.9 Å². The first-order chi connectivity index (χ1) is 18.4. The van der Waals surface area contributed by atoms with Gasteiger partial charge in [0.15, 0.2) is 0 Å². The average Bonchev–Trinajstić information content (AvgIpc) is 2.94. The Bertz CT molecular complexity index is 1290. The molecule has 0 saturated carbocycles. The highest BCUT2D eigenvalue weighted by Gasteiger charge is 2.13. The van der Waals surface area contributed by atoms with E-state index in [4.69, 9.17) is 9.47 Å². The molecule has 4 rings (SSSR count). The third-order valence-corrected chi connectivity index (χ3v) is 6.48. The van der Waals surface area contributed by atoms with Gasteiger partial charge in [0.1, 0.15) is 11.5 Å². The maximum Gasteiger partial charge on any atom is 0.255 e. The molecule has 2 N–H and O–H groups in total. The lowest BCUT2D eigenvalue weighted by molar-refractivity contribution is 0.101. The highest BCUT2D eigenvalue weighted by Crippen LogP contribution is 2.30. The van der Waals surface area contributed by atoms with Gasteiger partial charge in [-0.1, -0.05) is 38.1 Å². The van der Waals surface area contributed by atoms with Crippen LogP contribution in [-0.4, -0.2) is 24.0 Å². The lowest BCUT2D eigenvalue weighted by Gasteiger charge is -2.14. The van der Waals surface area contributed by atoms with Crippen LogP contribution in [0.4, 0.5) is 11.4 Å². The second-order valence-electron chi connectivity index (χ2n) is 9.34. The molecular weight excluding hydrogens is 476 g/mol. The summed E-state index contributed by atoms with van der Waals surface area (Å²) in [5.41, 5.74) is 2.39. The van der Waals surface area contributed by atoms with E-state index in [1.807, 2.05) is 50.2 Å². The molecule has 0 fully saturated rings. The standard InChI is InChI=1S/C32H34N2O4/c1-5-21(3)37-25-17-13-23(14-18-25)31(35)33-29-11-7-10-28-27(29)9-8-12-30(28)34-32(36)24-15-19-26(20-16-24)38-22(4)6-2/h7-22H,5-6H2,1-4H3,(H,33,35)(H,34,36). The maximum atomic E-state index is 13.0. The Balaban J connectivity index is 1.49. The van der Waals surface area contributed by atoms with E-state index in [0.29, 0.717) is 22.5 Å². The second kappa shape index (κ2) is 12.3. The number of amides is 2. The van der Waals surface area contributed by atoms with Gasteiger partial charge in [0, 0.05) is 33.3 Å². The van der Waals surface area contributed by atoms with Gasteiger partial charge in [-0.25, -0.2) is 0 Å². The first kappa shape index (κ1) is 26.7. The van der Waals surface area contributed by atoms with E-state index in [1.54, 1.807) is 48.5 Å². The normalized spacial score (nSPS) is 12.4. The zero-order valence-electron chi connectivity index (χ0n) is 22.3. The Labute approximate surface area is 224 Å². The molecule has 196 valence electrons. The van der Waals surface area contributed by atoms with Gasteiger partial charge >= 0.3 is 0 Å². The van der Waals surface area contributed by atoms with Crippen LogP contribution >= 0.6 is 0 Å². The molecule has 0 bridgehead atoms. The molecule has 4 aromatic carbocycles. The Morgan fingerprint density at radius 1 is 0.605 bits per heavy atom. The smallest absolute Gasteiger partial charge is 0.255 e. The van der Waals surface area contributed by atoms with Gasteiger partial charge in [-0.15, -0.1) is 0 Å². The lowest BCUT2D eigenvalue weighted by atomic mass is 10.1. The summed E-state index contributed by atoms with van der Waals surface area (Å²) in [5.74, 6) is 1.03. The van der Waals surface area contributed by atoms with Gasteiger partial charge in [-0.2, -0.15) is 0 Å². The Hall–Kier alpha value is -4.32. The van der Waals surface area contributed by atoms with Crippen molar-refractivity contribution in [1.82, 2.24) is 0 Å². The van der Waals surface area contributed by atoms with Crippen LogP contribution in [0.3, 0.4) is 0 Å². The molecular formula is C32H34N2O4. The van der Waals surface area contributed by atoms with Crippen molar-refractivity contribution in [1.29, 1.82) is 0 Å². The molecule has 0 spiro atoms. The fourth-order valence-electron chi connectivity index (χ4n) is 3.92. The maximum absolute atomic E-state index is 13.0. The fraction of sp³-hybridized carbons (Fsp3) is 0.250. The quantitative estimate of drug-likeness (QED) is 0.229. The minimum Gasteiger partial charge on any atom is -0.491 e. The van der Waals surface area contributed by atoms with E-state index in [-0.39, 0.29) is 24.0 Å². The molecule has 6 heteroatoms. The van der Waals surface area contributed by atoms with Crippen LogP contribution in [0.25, 0.3) is 10.8 Å².